The van der Waals surface area contributed by atoms with E-state index < -0.39 is 0 Å². The lowest BCUT2D eigenvalue weighted by atomic mass is 9.85. The lowest BCUT2D eigenvalue weighted by Crippen LogP contribution is -2.36. The highest BCUT2D eigenvalue weighted by molar-refractivity contribution is 5.59. The lowest BCUT2D eigenvalue weighted by molar-refractivity contribution is 0.0665. The van der Waals surface area contributed by atoms with Crippen molar-refractivity contribution in [2.45, 2.75) is 106 Å². The molecule has 1 aliphatic heterocycles. The molecule has 0 unspecified atom stereocenters. The minimum Gasteiger partial charge on any atom is -0.488 e. The number of benzene rings is 2. The molecule has 0 amide bonds. The summed E-state index contributed by atoms with van der Waals surface area (Å²) in [6.45, 7) is 18.4. The van der Waals surface area contributed by atoms with Crippen LogP contribution in [0.5, 0.6) is 11.5 Å². The van der Waals surface area contributed by atoms with E-state index in [4.69, 9.17) is 9.47 Å². The molecule has 0 aromatic heterocycles. The van der Waals surface area contributed by atoms with Gasteiger partial charge in [-0.1, -0.05) is 80.1 Å². The molecule has 206 valence electrons. The van der Waals surface area contributed by atoms with Crippen LogP contribution in [-0.2, 0) is 13.0 Å². The summed E-state index contributed by atoms with van der Waals surface area (Å²) in [6, 6.07) is 10.4. The molecule has 0 spiro atoms. The fourth-order valence-electron chi connectivity index (χ4n) is 5.27. The first-order chi connectivity index (χ1) is 18.1. The van der Waals surface area contributed by atoms with E-state index in [0.717, 1.165) is 43.1 Å². The second kappa shape index (κ2) is 13.9. The van der Waals surface area contributed by atoms with Crippen molar-refractivity contribution in [3.8, 4) is 11.5 Å². The van der Waals surface area contributed by atoms with Crippen molar-refractivity contribution >= 4 is 0 Å². The number of fused-ring (bicyclic) bond motifs is 1. The molecule has 0 saturated carbocycles. The molecule has 2 aromatic rings. The maximum Gasteiger partial charge on any atom is 0.127 e. The molecule has 3 atom stereocenters. The van der Waals surface area contributed by atoms with Crippen molar-refractivity contribution in [3.63, 3.8) is 0 Å². The van der Waals surface area contributed by atoms with Crippen molar-refractivity contribution < 1.29 is 9.47 Å². The van der Waals surface area contributed by atoms with E-state index in [0.29, 0.717) is 12.5 Å². The highest BCUT2D eigenvalue weighted by atomic mass is 16.5. The van der Waals surface area contributed by atoms with E-state index in [9.17, 15) is 0 Å². The monoisotopic (exact) mass is 514 g/mol. The molecule has 0 radical (unpaired) electrons. The molecule has 38 heavy (non-hydrogen) atoms. The predicted molar refractivity (Wildman–Crippen MR) is 163 cm³/mol. The van der Waals surface area contributed by atoms with Crippen LogP contribution in [0.1, 0.15) is 94.5 Å². The number of rotatable bonds is 12. The Labute approximate surface area is 232 Å². The average Bonchev–Trinajstić information content (AvgIpc) is 2.87. The van der Waals surface area contributed by atoms with E-state index >= 15 is 0 Å². The maximum atomic E-state index is 6.75. The van der Waals surface area contributed by atoms with Crippen LogP contribution in [0.25, 0.3) is 0 Å². The molecular formula is C36H50O2. The Balaban J connectivity index is 1.58. The normalized spacial score (nSPS) is 18.7. The second-order valence-electron chi connectivity index (χ2n) is 12.0. The van der Waals surface area contributed by atoms with Gasteiger partial charge in [-0.15, -0.1) is 0 Å². The Bertz CT molecular complexity index is 1130. The number of hydrogen-bond acceptors (Lipinski definition) is 2. The van der Waals surface area contributed by atoms with E-state index in [1.165, 1.54) is 46.2 Å². The molecule has 2 heteroatoms. The van der Waals surface area contributed by atoms with Gasteiger partial charge in [0, 0.05) is 12.0 Å². The van der Waals surface area contributed by atoms with Crippen LogP contribution < -0.4 is 9.47 Å². The van der Waals surface area contributed by atoms with Crippen molar-refractivity contribution in [1.29, 1.82) is 0 Å². The predicted octanol–water partition coefficient (Wildman–Crippen LogP) is 10.2. The molecule has 0 aliphatic carbocycles. The highest BCUT2D eigenvalue weighted by Gasteiger charge is 2.34. The van der Waals surface area contributed by atoms with Crippen LogP contribution in [0, 0.1) is 32.6 Å². The van der Waals surface area contributed by atoms with E-state index in [2.05, 4.69) is 110 Å². The van der Waals surface area contributed by atoms with E-state index in [1.54, 1.807) is 0 Å². The van der Waals surface area contributed by atoms with Gasteiger partial charge in [0.2, 0.25) is 0 Å². The summed E-state index contributed by atoms with van der Waals surface area (Å²) in [5.74, 6) is 3.26. The molecule has 0 bridgehead atoms. The van der Waals surface area contributed by atoms with Gasteiger partial charge in [0.1, 0.15) is 23.7 Å². The minimum absolute atomic E-state index is 0.178. The Morgan fingerprint density at radius 3 is 2.42 bits per heavy atom. The topological polar surface area (TPSA) is 18.5 Å². The summed E-state index contributed by atoms with van der Waals surface area (Å²) in [5.41, 5.74) is 7.36. The summed E-state index contributed by atoms with van der Waals surface area (Å²) >= 11 is 0. The summed E-state index contributed by atoms with van der Waals surface area (Å²) in [4.78, 5) is 0. The highest BCUT2D eigenvalue weighted by Crippen LogP contribution is 2.44. The zero-order valence-electron chi connectivity index (χ0n) is 25.2. The summed E-state index contributed by atoms with van der Waals surface area (Å²) in [7, 11) is 0. The lowest BCUT2D eigenvalue weighted by Gasteiger charge is -2.38. The van der Waals surface area contributed by atoms with Gasteiger partial charge in [0.25, 0.3) is 0 Å². The molecule has 3 rings (SSSR count). The Morgan fingerprint density at radius 1 is 1.00 bits per heavy atom. The summed E-state index contributed by atoms with van der Waals surface area (Å²) < 4.78 is 13.1. The van der Waals surface area contributed by atoms with Crippen molar-refractivity contribution in [3.05, 3.63) is 94.1 Å². The van der Waals surface area contributed by atoms with Crippen molar-refractivity contribution in [2.75, 3.05) is 0 Å². The van der Waals surface area contributed by atoms with Gasteiger partial charge in [0.05, 0.1) is 0 Å². The van der Waals surface area contributed by atoms with Gasteiger partial charge < -0.3 is 9.47 Å². The summed E-state index contributed by atoms with van der Waals surface area (Å²) in [6.07, 6.45) is 18.3. The van der Waals surface area contributed by atoms with Crippen molar-refractivity contribution in [2.24, 2.45) is 11.8 Å². The van der Waals surface area contributed by atoms with Gasteiger partial charge in [0.15, 0.2) is 0 Å². The Kier molecular flexibility index (Phi) is 10.9. The number of ether oxygens (including phenoxy) is 2. The maximum absolute atomic E-state index is 6.75. The van der Waals surface area contributed by atoms with Crippen LogP contribution >= 0.6 is 0 Å². The fraction of sp³-hybridized carbons (Fsp3) is 0.500. The zero-order chi connectivity index (χ0) is 27.7. The standard InChI is InChI=1S/C36H50O2/c1-26(2)15-12-16-27(3)17-13-18-28(4)19-14-23-36(8)24-22-33-31(7)34(29(5)30(6)35(33)38-36)37-25-32-20-10-9-11-21-32/h9-11,13-15,18-21,27-28H,12,16-17,22-25H2,1-8H3/b18-13+,19-14+/t27-,28-,36-/m1/s1. The molecule has 0 saturated heterocycles. The van der Waals surface area contributed by atoms with Gasteiger partial charge in [-0.05, 0) is 108 Å². The molecule has 2 aromatic carbocycles. The zero-order valence-corrected chi connectivity index (χ0v) is 25.2. The average molecular weight is 515 g/mol. The second-order valence-corrected chi connectivity index (χ2v) is 12.0. The molecule has 1 heterocycles. The van der Waals surface area contributed by atoms with Gasteiger partial charge in [-0.3, -0.25) is 0 Å². The number of allylic oxidation sites excluding steroid dienone is 5. The smallest absolute Gasteiger partial charge is 0.127 e. The quantitative estimate of drug-likeness (QED) is 0.262. The van der Waals surface area contributed by atoms with Crippen LogP contribution in [0.4, 0.5) is 0 Å². The molecule has 0 N–H and O–H groups in total. The Hall–Kier alpha value is -2.74. The van der Waals surface area contributed by atoms with Crippen molar-refractivity contribution in [1.82, 2.24) is 0 Å². The third-order valence-corrected chi connectivity index (χ3v) is 7.97. The SMILES string of the molecule is CC(C)=CCC[C@@H](C)C/C=C/[C@@H](C)/C=C/C[C@]1(C)CCc2c(C)c(OCc3ccccc3)c(C)c(C)c2O1. The van der Waals surface area contributed by atoms with E-state index in [-0.39, 0.29) is 5.60 Å². The molecule has 0 fully saturated rings. The first-order valence-electron chi connectivity index (χ1n) is 14.5. The van der Waals surface area contributed by atoms with Gasteiger partial charge in [-0.25, -0.2) is 0 Å². The van der Waals surface area contributed by atoms with Gasteiger partial charge in [-0.2, -0.15) is 0 Å². The molecule has 1 aliphatic rings. The fourth-order valence-corrected chi connectivity index (χ4v) is 5.27. The largest absolute Gasteiger partial charge is 0.488 e. The van der Waals surface area contributed by atoms with Crippen LogP contribution in [0.3, 0.4) is 0 Å². The Morgan fingerprint density at radius 2 is 1.71 bits per heavy atom. The first-order valence-corrected chi connectivity index (χ1v) is 14.5. The third-order valence-electron chi connectivity index (χ3n) is 7.97. The number of hydrogen-bond donors (Lipinski definition) is 0. The van der Waals surface area contributed by atoms with Crippen LogP contribution in [0.2, 0.25) is 0 Å². The van der Waals surface area contributed by atoms with Gasteiger partial charge >= 0.3 is 0 Å². The first kappa shape index (κ1) is 29.8. The van der Waals surface area contributed by atoms with Crippen LogP contribution in [0.15, 0.2) is 66.3 Å². The van der Waals surface area contributed by atoms with Crippen LogP contribution in [-0.4, -0.2) is 5.60 Å². The third kappa shape index (κ3) is 8.38. The minimum atomic E-state index is -0.178. The molecular weight excluding hydrogens is 464 g/mol. The summed E-state index contributed by atoms with van der Waals surface area (Å²) in [5, 5.41) is 0. The van der Waals surface area contributed by atoms with E-state index in [1.807, 2.05) is 6.07 Å². The molecule has 2 nitrogen and oxygen atoms in total.